The summed E-state index contributed by atoms with van der Waals surface area (Å²) in [5.74, 6) is 0. The summed E-state index contributed by atoms with van der Waals surface area (Å²) >= 11 is 0. The molecule has 2 aromatic heterocycles. The molecule has 1 unspecified atom stereocenters. The molecule has 0 spiro atoms. The third-order valence-electron chi connectivity index (χ3n) is 3.37. The Morgan fingerprint density at radius 1 is 1.15 bits per heavy atom. The number of nitrogens with one attached hydrogen (secondary N) is 1. The lowest BCUT2D eigenvalue weighted by Crippen LogP contribution is -2.07. The zero-order valence-corrected chi connectivity index (χ0v) is 11.8. The highest BCUT2D eigenvalue weighted by atomic mass is 15.3. The molecular formula is C15H17N5. The van der Waals surface area contributed by atoms with Crippen LogP contribution in [-0.4, -0.2) is 19.7 Å². The van der Waals surface area contributed by atoms with Crippen LogP contribution in [-0.2, 0) is 7.05 Å². The Hall–Kier alpha value is -2.43. The maximum Gasteiger partial charge on any atom is 0.0907 e. The molecule has 0 fully saturated rings. The first-order chi connectivity index (χ1) is 9.63. The van der Waals surface area contributed by atoms with Crippen molar-refractivity contribution < 1.29 is 0 Å². The summed E-state index contributed by atoms with van der Waals surface area (Å²) < 4.78 is 1.84. The highest BCUT2D eigenvalue weighted by molar-refractivity contribution is 5.78. The van der Waals surface area contributed by atoms with E-state index in [1.165, 1.54) is 5.56 Å². The molecule has 0 saturated heterocycles. The van der Waals surface area contributed by atoms with Crippen molar-refractivity contribution in [2.75, 3.05) is 5.32 Å². The molecule has 3 aromatic rings. The molecule has 1 aromatic carbocycles. The van der Waals surface area contributed by atoms with Gasteiger partial charge in [-0.2, -0.15) is 5.10 Å². The van der Waals surface area contributed by atoms with Crippen LogP contribution in [0, 0.1) is 6.92 Å². The number of benzene rings is 1. The van der Waals surface area contributed by atoms with Crippen LogP contribution < -0.4 is 5.32 Å². The van der Waals surface area contributed by atoms with Gasteiger partial charge in [-0.15, -0.1) is 0 Å². The van der Waals surface area contributed by atoms with E-state index in [0.29, 0.717) is 0 Å². The van der Waals surface area contributed by atoms with Gasteiger partial charge < -0.3 is 5.32 Å². The van der Waals surface area contributed by atoms with Crippen molar-refractivity contribution in [2.45, 2.75) is 19.9 Å². The topological polar surface area (TPSA) is 55.6 Å². The maximum absolute atomic E-state index is 4.38. The van der Waals surface area contributed by atoms with E-state index in [2.05, 4.69) is 27.3 Å². The molecule has 102 valence electrons. The van der Waals surface area contributed by atoms with Crippen molar-refractivity contribution in [1.82, 2.24) is 19.7 Å². The number of rotatable bonds is 3. The van der Waals surface area contributed by atoms with Crippen LogP contribution in [0.5, 0.6) is 0 Å². The predicted molar refractivity (Wildman–Crippen MR) is 79.5 cm³/mol. The van der Waals surface area contributed by atoms with Gasteiger partial charge in [0.2, 0.25) is 0 Å². The number of hydrogen-bond donors (Lipinski definition) is 1. The Labute approximate surface area is 117 Å². The summed E-state index contributed by atoms with van der Waals surface area (Å²) in [6, 6.07) is 6.22. The van der Waals surface area contributed by atoms with Crippen LogP contribution in [0.1, 0.15) is 24.2 Å². The fourth-order valence-corrected chi connectivity index (χ4v) is 2.42. The molecule has 0 amide bonds. The maximum atomic E-state index is 4.38. The Morgan fingerprint density at radius 3 is 2.60 bits per heavy atom. The van der Waals surface area contributed by atoms with Crippen LogP contribution in [0.25, 0.3) is 11.0 Å². The Balaban J connectivity index is 1.87. The third-order valence-corrected chi connectivity index (χ3v) is 3.37. The standard InChI is InChI=1S/C15H17N5/c1-10(13-9-20(3)19-11(13)2)18-12-4-5-14-15(8-12)17-7-6-16-14/h4-10,18H,1-3H3. The molecule has 5 nitrogen and oxygen atoms in total. The minimum absolute atomic E-state index is 0.192. The molecule has 0 saturated carbocycles. The molecule has 0 radical (unpaired) electrons. The van der Waals surface area contributed by atoms with E-state index in [1.807, 2.05) is 43.0 Å². The van der Waals surface area contributed by atoms with Crippen LogP contribution >= 0.6 is 0 Å². The summed E-state index contributed by atoms with van der Waals surface area (Å²) in [6.07, 6.45) is 5.46. The fraction of sp³-hybridized carbons (Fsp3) is 0.267. The van der Waals surface area contributed by atoms with E-state index < -0.39 is 0 Å². The van der Waals surface area contributed by atoms with Gasteiger partial charge in [-0.25, -0.2) is 0 Å². The fourth-order valence-electron chi connectivity index (χ4n) is 2.42. The van der Waals surface area contributed by atoms with Crippen LogP contribution in [0.15, 0.2) is 36.8 Å². The average Bonchev–Trinajstić information content (AvgIpc) is 2.78. The van der Waals surface area contributed by atoms with Gasteiger partial charge in [-0.05, 0) is 32.0 Å². The summed E-state index contributed by atoms with van der Waals surface area (Å²) in [7, 11) is 1.94. The van der Waals surface area contributed by atoms with Crippen molar-refractivity contribution in [3.63, 3.8) is 0 Å². The zero-order valence-electron chi connectivity index (χ0n) is 11.8. The Morgan fingerprint density at radius 2 is 1.90 bits per heavy atom. The first-order valence-electron chi connectivity index (χ1n) is 6.61. The Bertz CT molecular complexity index is 747. The molecular weight excluding hydrogens is 250 g/mol. The molecule has 1 atom stereocenters. The van der Waals surface area contributed by atoms with Gasteiger partial charge in [0.15, 0.2) is 0 Å². The van der Waals surface area contributed by atoms with Crippen LogP contribution in [0.3, 0.4) is 0 Å². The van der Waals surface area contributed by atoms with E-state index in [1.54, 1.807) is 12.4 Å². The third kappa shape index (κ3) is 2.34. The largest absolute Gasteiger partial charge is 0.378 e. The van der Waals surface area contributed by atoms with Gasteiger partial charge in [0, 0.05) is 36.9 Å². The van der Waals surface area contributed by atoms with Gasteiger partial charge in [0.1, 0.15) is 0 Å². The SMILES string of the molecule is Cc1nn(C)cc1C(C)Nc1ccc2nccnc2c1. The van der Waals surface area contributed by atoms with Gasteiger partial charge in [-0.1, -0.05) is 0 Å². The summed E-state index contributed by atoms with van der Waals surface area (Å²) in [5, 5.41) is 7.86. The number of aryl methyl sites for hydroxylation is 2. The number of anilines is 1. The average molecular weight is 267 g/mol. The predicted octanol–water partition coefficient (Wildman–Crippen LogP) is 2.84. The highest BCUT2D eigenvalue weighted by Gasteiger charge is 2.11. The van der Waals surface area contributed by atoms with Gasteiger partial charge in [0.05, 0.1) is 22.8 Å². The molecule has 20 heavy (non-hydrogen) atoms. The van der Waals surface area contributed by atoms with E-state index in [-0.39, 0.29) is 6.04 Å². The second kappa shape index (κ2) is 4.92. The van der Waals surface area contributed by atoms with E-state index in [9.17, 15) is 0 Å². The molecule has 0 aliphatic rings. The summed E-state index contributed by atoms with van der Waals surface area (Å²) in [5.41, 5.74) is 5.09. The second-order valence-electron chi connectivity index (χ2n) is 4.97. The lowest BCUT2D eigenvalue weighted by atomic mass is 10.1. The molecule has 3 rings (SSSR count). The van der Waals surface area contributed by atoms with E-state index >= 15 is 0 Å². The number of nitrogens with zero attached hydrogens (tertiary/aromatic N) is 4. The molecule has 0 aliphatic carbocycles. The van der Waals surface area contributed by atoms with Gasteiger partial charge in [0.25, 0.3) is 0 Å². The van der Waals surface area contributed by atoms with E-state index in [4.69, 9.17) is 0 Å². The van der Waals surface area contributed by atoms with Crippen molar-refractivity contribution >= 4 is 16.7 Å². The first-order valence-corrected chi connectivity index (χ1v) is 6.61. The second-order valence-corrected chi connectivity index (χ2v) is 4.97. The summed E-state index contributed by atoms with van der Waals surface area (Å²) in [4.78, 5) is 8.60. The number of aromatic nitrogens is 4. The first kappa shape index (κ1) is 12.6. The summed E-state index contributed by atoms with van der Waals surface area (Å²) in [6.45, 7) is 4.16. The normalized spacial score (nSPS) is 12.6. The minimum Gasteiger partial charge on any atom is -0.378 e. The van der Waals surface area contributed by atoms with Crippen molar-refractivity contribution in [2.24, 2.45) is 7.05 Å². The Kier molecular flexibility index (Phi) is 3.10. The smallest absolute Gasteiger partial charge is 0.0907 e. The lowest BCUT2D eigenvalue weighted by Gasteiger charge is -2.14. The number of fused-ring (bicyclic) bond motifs is 1. The van der Waals surface area contributed by atoms with Crippen molar-refractivity contribution in [3.8, 4) is 0 Å². The van der Waals surface area contributed by atoms with Gasteiger partial charge in [-0.3, -0.25) is 14.6 Å². The molecule has 2 heterocycles. The van der Waals surface area contributed by atoms with Crippen LogP contribution in [0.4, 0.5) is 5.69 Å². The molecule has 1 N–H and O–H groups in total. The van der Waals surface area contributed by atoms with Crippen LogP contribution in [0.2, 0.25) is 0 Å². The van der Waals surface area contributed by atoms with E-state index in [0.717, 1.165) is 22.4 Å². The quantitative estimate of drug-likeness (QED) is 0.792. The minimum atomic E-state index is 0.192. The monoisotopic (exact) mass is 267 g/mol. The number of hydrogen-bond acceptors (Lipinski definition) is 4. The molecule has 5 heteroatoms. The van der Waals surface area contributed by atoms with Crippen molar-refractivity contribution in [3.05, 3.63) is 48.0 Å². The highest BCUT2D eigenvalue weighted by Crippen LogP contribution is 2.23. The van der Waals surface area contributed by atoms with Crippen molar-refractivity contribution in [1.29, 1.82) is 0 Å². The van der Waals surface area contributed by atoms with Gasteiger partial charge >= 0.3 is 0 Å². The molecule has 0 aliphatic heterocycles. The zero-order chi connectivity index (χ0) is 14.1. The molecule has 0 bridgehead atoms. The lowest BCUT2D eigenvalue weighted by molar-refractivity contribution is 0.756.